The summed E-state index contributed by atoms with van der Waals surface area (Å²) in [5, 5.41) is 12.7. The summed E-state index contributed by atoms with van der Waals surface area (Å²) >= 11 is 0. The van der Waals surface area contributed by atoms with E-state index in [1.54, 1.807) is 7.11 Å². The number of rotatable bonds is 8. The third kappa shape index (κ3) is 5.21. The maximum Gasteiger partial charge on any atom is 0.121 e. The molecule has 1 rings (SSSR count). The average Bonchev–Trinajstić information content (AvgIpc) is 2.38. The molecule has 1 atom stereocenters. The molecular formula is C16H27NO2. The van der Waals surface area contributed by atoms with Gasteiger partial charge in [0.1, 0.15) is 5.75 Å². The molecule has 0 heterocycles. The zero-order valence-electron chi connectivity index (χ0n) is 12.6. The normalized spacial score (nSPS) is 12.7. The summed E-state index contributed by atoms with van der Waals surface area (Å²) < 4.78 is 5.25. The molecule has 0 saturated carbocycles. The minimum atomic E-state index is 0.256. The second-order valence-corrected chi connectivity index (χ2v) is 5.44. The number of ether oxygens (including phenoxy) is 1. The Kier molecular flexibility index (Phi) is 6.89. The van der Waals surface area contributed by atoms with Crippen LogP contribution in [0.3, 0.4) is 0 Å². The standard InChI is InChI=1S/C16H27NO2/c1-12(2)15(11-18)10-17-8-7-14-5-6-16(19-4)13(3)9-14/h5-6,9,12,15,17-18H,7-8,10-11H2,1-4H3. The van der Waals surface area contributed by atoms with Crippen LogP contribution in [-0.2, 0) is 6.42 Å². The Bertz CT molecular complexity index is 377. The lowest BCUT2D eigenvalue weighted by molar-refractivity contribution is 0.186. The van der Waals surface area contributed by atoms with Gasteiger partial charge in [0.25, 0.3) is 0 Å². The molecule has 1 aromatic carbocycles. The van der Waals surface area contributed by atoms with Crippen molar-refractivity contribution in [2.45, 2.75) is 27.2 Å². The van der Waals surface area contributed by atoms with Gasteiger partial charge in [-0.1, -0.05) is 26.0 Å². The van der Waals surface area contributed by atoms with Gasteiger partial charge in [-0.2, -0.15) is 0 Å². The molecule has 0 bridgehead atoms. The van der Waals surface area contributed by atoms with Crippen molar-refractivity contribution in [2.24, 2.45) is 11.8 Å². The second kappa shape index (κ2) is 8.18. The minimum absolute atomic E-state index is 0.256. The third-order valence-corrected chi connectivity index (χ3v) is 3.63. The van der Waals surface area contributed by atoms with Gasteiger partial charge < -0.3 is 15.2 Å². The van der Waals surface area contributed by atoms with Gasteiger partial charge in [0.15, 0.2) is 0 Å². The van der Waals surface area contributed by atoms with Crippen molar-refractivity contribution in [1.82, 2.24) is 5.32 Å². The first-order valence-electron chi connectivity index (χ1n) is 7.03. The number of aryl methyl sites for hydroxylation is 1. The van der Waals surface area contributed by atoms with E-state index in [1.807, 2.05) is 6.07 Å². The average molecular weight is 265 g/mol. The van der Waals surface area contributed by atoms with Crippen molar-refractivity contribution in [3.8, 4) is 5.75 Å². The van der Waals surface area contributed by atoms with Gasteiger partial charge in [0.2, 0.25) is 0 Å². The van der Waals surface area contributed by atoms with Gasteiger partial charge in [-0.3, -0.25) is 0 Å². The molecule has 3 nitrogen and oxygen atoms in total. The summed E-state index contributed by atoms with van der Waals surface area (Å²) in [6.07, 6.45) is 1.00. The van der Waals surface area contributed by atoms with Gasteiger partial charge in [-0.05, 0) is 48.9 Å². The molecule has 0 aromatic heterocycles. The Labute approximate surface area is 117 Å². The Morgan fingerprint density at radius 1 is 1.32 bits per heavy atom. The Morgan fingerprint density at radius 3 is 2.58 bits per heavy atom. The van der Waals surface area contributed by atoms with Crippen molar-refractivity contribution in [2.75, 3.05) is 26.8 Å². The fourth-order valence-corrected chi connectivity index (χ4v) is 2.13. The molecule has 0 fully saturated rings. The van der Waals surface area contributed by atoms with E-state index in [4.69, 9.17) is 4.74 Å². The molecule has 2 N–H and O–H groups in total. The van der Waals surface area contributed by atoms with Crippen LogP contribution in [-0.4, -0.2) is 31.9 Å². The highest BCUT2D eigenvalue weighted by molar-refractivity contribution is 5.36. The van der Waals surface area contributed by atoms with Crippen molar-refractivity contribution in [3.63, 3.8) is 0 Å². The van der Waals surface area contributed by atoms with Crippen LogP contribution < -0.4 is 10.1 Å². The summed E-state index contributed by atoms with van der Waals surface area (Å²) in [7, 11) is 1.70. The topological polar surface area (TPSA) is 41.5 Å². The van der Waals surface area contributed by atoms with Crippen LogP contribution in [0.4, 0.5) is 0 Å². The minimum Gasteiger partial charge on any atom is -0.496 e. The highest BCUT2D eigenvalue weighted by Crippen LogP contribution is 2.18. The summed E-state index contributed by atoms with van der Waals surface area (Å²) in [6.45, 7) is 8.44. The lowest BCUT2D eigenvalue weighted by Crippen LogP contribution is -2.30. The van der Waals surface area contributed by atoms with E-state index < -0.39 is 0 Å². The van der Waals surface area contributed by atoms with E-state index in [0.29, 0.717) is 11.8 Å². The van der Waals surface area contributed by atoms with E-state index in [9.17, 15) is 5.11 Å². The van der Waals surface area contributed by atoms with Crippen molar-refractivity contribution < 1.29 is 9.84 Å². The number of hydrogen-bond donors (Lipinski definition) is 2. The number of benzene rings is 1. The predicted octanol–water partition coefficient (Wildman–Crippen LogP) is 2.40. The van der Waals surface area contributed by atoms with Gasteiger partial charge in [-0.25, -0.2) is 0 Å². The van der Waals surface area contributed by atoms with Crippen LogP contribution in [0.25, 0.3) is 0 Å². The molecule has 0 amide bonds. The lowest BCUT2D eigenvalue weighted by atomic mass is 9.97. The molecule has 0 aliphatic rings. The first-order chi connectivity index (χ1) is 9.08. The van der Waals surface area contributed by atoms with Crippen LogP contribution in [0.15, 0.2) is 18.2 Å². The van der Waals surface area contributed by atoms with Crippen LogP contribution in [0.2, 0.25) is 0 Å². The smallest absolute Gasteiger partial charge is 0.121 e. The van der Waals surface area contributed by atoms with Crippen LogP contribution >= 0.6 is 0 Å². The Morgan fingerprint density at radius 2 is 2.05 bits per heavy atom. The molecule has 1 unspecified atom stereocenters. The van der Waals surface area contributed by atoms with Crippen molar-refractivity contribution >= 4 is 0 Å². The molecule has 0 aliphatic carbocycles. The maximum atomic E-state index is 9.25. The highest BCUT2D eigenvalue weighted by Gasteiger charge is 2.11. The number of methoxy groups -OCH3 is 1. The van der Waals surface area contributed by atoms with E-state index in [0.717, 1.165) is 25.3 Å². The monoisotopic (exact) mass is 265 g/mol. The van der Waals surface area contributed by atoms with Crippen molar-refractivity contribution in [1.29, 1.82) is 0 Å². The first kappa shape index (κ1) is 16.0. The summed E-state index contributed by atoms with van der Waals surface area (Å²) in [4.78, 5) is 0. The lowest BCUT2D eigenvalue weighted by Gasteiger charge is -2.18. The molecule has 3 heteroatoms. The summed E-state index contributed by atoms with van der Waals surface area (Å²) in [6, 6.07) is 6.31. The Balaban J connectivity index is 2.35. The fourth-order valence-electron chi connectivity index (χ4n) is 2.13. The van der Waals surface area contributed by atoms with Crippen LogP contribution in [0.1, 0.15) is 25.0 Å². The van der Waals surface area contributed by atoms with Gasteiger partial charge in [0.05, 0.1) is 7.11 Å². The van der Waals surface area contributed by atoms with Crippen LogP contribution in [0, 0.1) is 18.8 Å². The largest absolute Gasteiger partial charge is 0.496 e. The number of aliphatic hydroxyl groups is 1. The van der Waals surface area contributed by atoms with E-state index in [-0.39, 0.29) is 6.61 Å². The van der Waals surface area contributed by atoms with E-state index in [1.165, 1.54) is 11.1 Å². The molecule has 1 aromatic rings. The maximum absolute atomic E-state index is 9.25. The number of hydrogen-bond acceptors (Lipinski definition) is 3. The molecular weight excluding hydrogens is 238 g/mol. The Hall–Kier alpha value is -1.06. The number of aliphatic hydroxyl groups excluding tert-OH is 1. The third-order valence-electron chi connectivity index (χ3n) is 3.63. The predicted molar refractivity (Wildman–Crippen MR) is 79.7 cm³/mol. The zero-order chi connectivity index (χ0) is 14.3. The first-order valence-corrected chi connectivity index (χ1v) is 7.03. The van der Waals surface area contributed by atoms with E-state index in [2.05, 4.69) is 38.2 Å². The number of nitrogens with one attached hydrogen (secondary N) is 1. The molecule has 0 radical (unpaired) electrons. The fraction of sp³-hybridized carbons (Fsp3) is 0.625. The van der Waals surface area contributed by atoms with Crippen molar-refractivity contribution in [3.05, 3.63) is 29.3 Å². The molecule has 0 aliphatic heterocycles. The van der Waals surface area contributed by atoms with Gasteiger partial charge in [-0.15, -0.1) is 0 Å². The molecule has 0 spiro atoms. The molecule has 0 saturated heterocycles. The molecule has 108 valence electrons. The van der Waals surface area contributed by atoms with Gasteiger partial charge >= 0.3 is 0 Å². The second-order valence-electron chi connectivity index (χ2n) is 5.44. The summed E-state index contributed by atoms with van der Waals surface area (Å²) in [5.41, 5.74) is 2.49. The van der Waals surface area contributed by atoms with E-state index >= 15 is 0 Å². The van der Waals surface area contributed by atoms with Gasteiger partial charge in [0, 0.05) is 13.2 Å². The summed E-state index contributed by atoms with van der Waals surface area (Å²) in [5.74, 6) is 1.80. The SMILES string of the molecule is COc1ccc(CCNCC(CO)C(C)C)cc1C. The van der Waals surface area contributed by atoms with Crippen LogP contribution in [0.5, 0.6) is 5.75 Å². The zero-order valence-corrected chi connectivity index (χ0v) is 12.6. The quantitative estimate of drug-likeness (QED) is 0.709. The molecule has 19 heavy (non-hydrogen) atoms. The highest BCUT2D eigenvalue weighted by atomic mass is 16.5.